The number of amides is 4. The molecule has 0 aromatic heterocycles. The van der Waals surface area contributed by atoms with Crippen LogP contribution in [0.15, 0.2) is 12.1 Å². The molecule has 0 saturated carbocycles. The Kier molecular flexibility index (Phi) is 5.48. The van der Waals surface area contributed by atoms with Crippen LogP contribution in [0.25, 0.3) is 0 Å². The molecule has 1 aromatic rings. The summed E-state index contributed by atoms with van der Waals surface area (Å²) >= 11 is 0. The van der Waals surface area contributed by atoms with Crippen molar-refractivity contribution in [3.63, 3.8) is 0 Å². The number of piperidine rings is 2. The minimum atomic E-state index is -1.07. The van der Waals surface area contributed by atoms with Crippen molar-refractivity contribution in [3.05, 3.63) is 29.1 Å². The molecule has 1 aromatic carbocycles. The number of carbonyl (C=O) groups is 5. The van der Waals surface area contributed by atoms with Gasteiger partial charge in [0.2, 0.25) is 11.8 Å². The molecule has 174 valence electrons. The molecule has 0 aliphatic carbocycles. The van der Waals surface area contributed by atoms with Gasteiger partial charge in [0.15, 0.2) is 0 Å². The number of likely N-dealkylation sites (tertiary alicyclic amines) is 1. The number of nitrogens with one attached hydrogen (secondary N) is 1. The largest absolute Gasteiger partial charge is 0.369 e. The maximum atomic E-state index is 15.0. The average molecular weight is 456 g/mol. The van der Waals surface area contributed by atoms with E-state index in [0.717, 1.165) is 49.7 Å². The Morgan fingerprint density at radius 2 is 1.67 bits per heavy atom. The zero-order valence-electron chi connectivity index (χ0n) is 18.1. The number of fused-ring (bicyclic) bond motifs is 1. The standard InChI is InChI=1S/C23H25FN4O5/c24-17-7-15-16(23(33)28(22(15)32)18-1-2-20(30)25-21(18)31)8-19(17)27-5-3-13(4-6-27)9-26-10-14(11-26)12-29/h7-8,12-14,18H,1-6,9-11H2,(H,25,30,31). The molecule has 1 atom stereocenters. The van der Waals surface area contributed by atoms with Crippen LogP contribution in [0.2, 0.25) is 0 Å². The van der Waals surface area contributed by atoms with Crippen LogP contribution in [0.3, 0.4) is 0 Å². The SMILES string of the molecule is O=CC1CN(CC2CCN(c3cc4c(cc3F)C(=O)N(C3CCC(=O)NC3=O)C4=O)CC2)C1. The van der Waals surface area contributed by atoms with Crippen LogP contribution in [0.5, 0.6) is 0 Å². The Bertz CT molecular complexity index is 1050. The lowest BCUT2D eigenvalue weighted by molar-refractivity contribution is -0.136. The summed E-state index contributed by atoms with van der Waals surface area (Å²) in [5.41, 5.74) is 0.315. The van der Waals surface area contributed by atoms with E-state index in [4.69, 9.17) is 0 Å². The highest BCUT2D eigenvalue weighted by atomic mass is 19.1. The van der Waals surface area contributed by atoms with E-state index in [9.17, 15) is 28.4 Å². The lowest BCUT2D eigenvalue weighted by atomic mass is 9.92. The fourth-order valence-electron chi connectivity index (χ4n) is 5.29. The van der Waals surface area contributed by atoms with E-state index >= 15 is 0 Å². The minimum absolute atomic E-state index is 0.0333. The molecule has 5 rings (SSSR count). The van der Waals surface area contributed by atoms with Gasteiger partial charge < -0.3 is 14.6 Å². The summed E-state index contributed by atoms with van der Waals surface area (Å²) in [6.07, 6.45) is 2.83. The number of anilines is 1. The number of halogens is 1. The molecule has 33 heavy (non-hydrogen) atoms. The molecule has 4 aliphatic rings. The first-order valence-electron chi connectivity index (χ1n) is 11.3. The van der Waals surface area contributed by atoms with Gasteiger partial charge in [0, 0.05) is 45.1 Å². The molecular weight excluding hydrogens is 431 g/mol. The van der Waals surface area contributed by atoms with Crippen molar-refractivity contribution in [3.8, 4) is 0 Å². The van der Waals surface area contributed by atoms with Crippen molar-refractivity contribution >= 4 is 35.6 Å². The smallest absolute Gasteiger partial charge is 0.262 e. The third-order valence-electron chi connectivity index (χ3n) is 7.16. The van der Waals surface area contributed by atoms with E-state index < -0.39 is 35.5 Å². The number of benzene rings is 1. The highest BCUT2D eigenvalue weighted by Crippen LogP contribution is 2.34. The first-order chi connectivity index (χ1) is 15.9. The summed E-state index contributed by atoms with van der Waals surface area (Å²) in [5, 5.41) is 2.15. The Morgan fingerprint density at radius 1 is 1.00 bits per heavy atom. The van der Waals surface area contributed by atoms with Crippen molar-refractivity contribution in [1.29, 1.82) is 0 Å². The van der Waals surface area contributed by atoms with E-state index in [2.05, 4.69) is 10.2 Å². The predicted molar refractivity (Wildman–Crippen MR) is 114 cm³/mol. The van der Waals surface area contributed by atoms with Crippen molar-refractivity contribution in [2.75, 3.05) is 37.6 Å². The Balaban J connectivity index is 1.28. The van der Waals surface area contributed by atoms with Crippen LogP contribution in [0.1, 0.15) is 46.4 Å². The van der Waals surface area contributed by atoms with Gasteiger partial charge in [0.05, 0.1) is 16.8 Å². The summed E-state index contributed by atoms with van der Waals surface area (Å²) in [6, 6.07) is 1.43. The molecule has 3 fully saturated rings. The highest BCUT2D eigenvalue weighted by Gasteiger charge is 2.45. The Morgan fingerprint density at radius 3 is 2.30 bits per heavy atom. The summed E-state index contributed by atoms with van der Waals surface area (Å²) in [4.78, 5) is 65.2. The summed E-state index contributed by atoms with van der Waals surface area (Å²) < 4.78 is 15.0. The number of carbonyl (C=O) groups excluding carboxylic acids is 5. The summed E-state index contributed by atoms with van der Waals surface area (Å²) in [7, 11) is 0. The van der Waals surface area contributed by atoms with Crippen LogP contribution in [-0.4, -0.2) is 78.5 Å². The molecule has 1 N–H and O–H groups in total. The zero-order chi connectivity index (χ0) is 23.3. The number of rotatable bonds is 5. The van der Waals surface area contributed by atoms with Crippen LogP contribution in [0, 0.1) is 17.7 Å². The second-order valence-corrected chi connectivity index (χ2v) is 9.34. The van der Waals surface area contributed by atoms with E-state index in [0.29, 0.717) is 19.0 Å². The lowest BCUT2D eigenvalue weighted by Gasteiger charge is -2.41. The van der Waals surface area contributed by atoms with Crippen molar-refractivity contribution in [2.45, 2.75) is 31.7 Å². The number of nitrogens with zero attached hydrogens (tertiary/aromatic N) is 3. The maximum absolute atomic E-state index is 15.0. The van der Waals surface area contributed by atoms with Gasteiger partial charge in [-0.2, -0.15) is 0 Å². The van der Waals surface area contributed by atoms with Crippen LogP contribution in [-0.2, 0) is 14.4 Å². The number of imide groups is 2. The Labute approximate surface area is 189 Å². The molecule has 9 nitrogen and oxygen atoms in total. The predicted octanol–water partition coefficient (Wildman–Crippen LogP) is 0.574. The van der Waals surface area contributed by atoms with E-state index in [1.807, 2.05) is 4.90 Å². The minimum Gasteiger partial charge on any atom is -0.369 e. The number of hydrogen-bond acceptors (Lipinski definition) is 7. The lowest BCUT2D eigenvalue weighted by Crippen LogP contribution is -2.54. The van der Waals surface area contributed by atoms with Gasteiger partial charge in [-0.05, 0) is 37.3 Å². The highest BCUT2D eigenvalue weighted by molar-refractivity contribution is 6.23. The molecule has 4 amide bonds. The number of hydrogen-bond donors (Lipinski definition) is 1. The molecular formula is C23H25FN4O5. The first-order valence-corrected chi connectivity index (χ1v) is 11.3. The van der Waals surface area contributed by atoms with Gasteiger partial charge in [-0.15, -0.1) is 0 Å². The third-order valence-corrected chi connectivity index (χ3v) is 7.16. The maximum Gasteiger partial charge on any atom is 0.262 e. The molecule has 10 heteroatoms. The molecule has 0 radical (unpaired) electrons. The van der Waals surface area contributed by atoms with E-state index in [-0.39, 0.29) is 35.6 Å². The Hall–Kier alpha value is -3.14. The van der Waals surface area contributed by atoms with E-state index in [1.54, 1.807) is 0 Å². The quantitative estimate of drug-likeness (QED) is 0.510. The van der Waals surface area contributed by atoms with E-state index in [1.165, 1.54) is 6.07 Å². The second kappa shape index (κ2) is 8.33. The molecule has 0 spiro atoms. The van der Waals surface area contributed by atoms with Crippen molar-refractivity contribution in [2.24, 2.45) is 11.8 Å². The summed E-state index contributed by atoms with van der Waals surface area (Å²) in [6.45, 7) is 3.80. The summed E-state index contributed by atoms with van der Waals surface area (Å²) in [5.74, 6) is -2.44. The topological polar surface area (TPSA) is 107 Å². The third kappa shape index (κ3) is 3.82. The normalized spacial score (nSPS) is 24.7. The van der Waals surface area contributed by atoms with Crippen molar-refractivity contribution < 1.29 is 28.4 Å². The molecule has 0 bridgehead atoms. The van der Waals surface area contributed by atoms with Crippen molar-refractivity contribution in [1.82, 2.24) is 15.1 Å². The molecule has 4 heterocycles. The monoisotopic (exact) mass is 456 g/mol. The second-order valence-electron chi connectivity index (χ2n) is 9.34. The van der Waals surface area contributed by atoms with Gasteiger partial charge in [-0.3, -0.25) is 29.4 Å². The zero-order valence-corrected chi connectivity index (χ0v) is 18.1. The van der Waals surface area contributed by atoms with Crippen LogP contribution >= 0.6 is 0 Å². The molecule has 1 unspecified atom stereocenters. The van der Waals surface area contributed by atoms with Gasteiger partial charge in [-0.25, -0.2) is 4.39 Å². The fourth-order valence-corrected chi connectivity index (χ4v) is 5.29. The van der Waals surface area contributed by atoms with Gasteiger partial charge in [0.1, 0.15) is 18.1 Å². The first kappa shape index (κ1) is 21.7. The van der Waals surface area contributed by atoms with Gasteiger partial charge in [-0.1, -0.05) is 0 Å². The molecule has 3 saturated heterocycles. The van der Waals surface area contributed by atoms with Crippen LogP contribution in [0.4, 0.5) is 10.1 Å². The average Bonchev–Trinajstić information content (AvgIpc) is 3.00. The molecule has 4 aliphatic heterocycles. The fraction of sp³-hybridized carbons (Fsp3) is 0.522. The van der Waals surface area contributed by atoms with Gasteiger partial charge >= 0.3 is 0 Å². The van der Waals surface area contributed by atoms with Crippen LogP contribution < -0.4 is 10.2 Å². The van der Waals surface area contributed by atoms with Gasteiger partial charge in [0.25, 0.3) is 11.8 Å². The number of aldehydes is 1.